The lowest BCUT2D eigenvalue weighted by molar-refractivity contribution is -0.149. The molecule has 2 heterocycles. The van der Waals surface area contributed by atoms with Crippen LogP contribution in [0.2, 0.25) is 0 Å². The Morgan fingerprint density at radius 3 is 1.81 bits per heavy atom. The SMILES string of the molecule is COC(=O)c1ccc(OC(=O)Nc2ccn([C@@H]3O[C@H](OC(=O)c4ccccc4)[C@@H](OC(=O)c4ccccc4)[C@H]3CC(=O)c3ccccc3)c(=O)n2)cc1. The van der Waals surface area contributed by atoms with Gasteiger partial charge in [-0.15, -0.1) is 0 Å². The van der Waals surface area contributed by atoms with Crippen LogP contribution in [0.3, 0.4) is 0 Å². The maximum absolute atomic E-state index is 13.6. The largest absolute Gasteiger partial charge is 0.465 e. The van der Waals surface area contributed by atoms with Crippen molar-refractivity contribution in [2.75, 3.05) is 12.4 Å². The predicted molar refractivity (Wildman–Crippen MR) is 186 cm³/mol. The number of benzene rings is 4. The summed E-state index contributed by atoms with van der Waals surface area (Å²) in [5.41, 5.74) is 0.0589. The fourth-order valence-electron chi connectivity index (χ4n) is 5.57. The summed E-state index contributed by atoms with van der Waals surface area (Å²) in [5, 5.41) is 2.36. The Bertz CT molecular complexity index is 2160. The van der Waals surface area contributed by atoms with Gasteiger partial charge in [0.05, 0.1) is 29.7 Å². The van der Waals surface area contributed by atoms with E-state index >= 15 is 0 Å². The van der Waals surface area contributed by atoms with E-state index in [4.69, 9.17) is 18.9 Å². The van der Waals surface area contributed by atoms with Gasteiger partial charge in [0.25, 0.3) is 0 Å². The van der Waals surface area contributed by atoms with Crippen molar-refractivity contribution >= 4 is 35.6 Å². The van der Waals surface area contributed by atoms with E-state index in [9.17, 15) is 28.8 Å². The van der Waals surface area contributed by atoms with Crippen molar-refractivity contribution < 1.29 is 47.7 Å². The van der Waals surface area contributed by atoms with Gasteiger partial charge in [0.15, 0.2) is 11.9 Å². The highest BCUT2D eigenvalue weighted by molar-refractivity contribution is 5.96. The van der Waals surface area contributed by atoms with Crippen molar-refractivity contribution in [3.8, 4) is 5.75 Å². The normalized spacial score (nSPS) is 17.6. The lowest BCUT2D eigenvalue weighted by Gasteiger charge is -2.24. The van der Waals surface area contributed by atoms with Crippen LogP contribution in [-0.4, -0.2) is 58.8 Å². The van der Waals surface area contributed by atoms with Crippen molar-refractivity contribution in [1.29, 1.82) is 0 Å². The molecule has 14 nitrogen and oxygen atoms in total. The number of carbonyl (C=O) groups is 5. The van der Waals surface area contributed by atoms with Crippen molar-refractivity contribution in [3.63, 3.8) is 0 Å². The fourth-order valence-corrected chi connectivity index (χ4v) is 5.57. The van der Waals surface area contributed by atoms with E-state index in [1.807, 2.05) is 0 Å². The molecule has 53 heavy (non-hydrogen) atoms. The van der Waals surface area contributed by atoms with Gasteiger partial charge in [-0.3, -0.25) is 14.7 Å². The number of ether oxygens (including phenoxy) is 5. The van der Waals surface area contributed by atoms with E-state index in [0.29, 0.717) is 5.56 Å². The molecule has 1 aliphatic heterocycles. The summed E-state index contributed by atoms with van der Waals surface area (Å²) >= 11 is 0. The van der Waals surface area contributed by atoms with Crippen molar-refractivity contribution in [2.45, 2.75) is 25.0 Å². The number of hydrogen-bond donors (Lipinski definition) is 1. The number of nitrogens with one attached hydrogen (secondary N) is 1. The molecule has 1 N–H and O–H groups in total. The maximum Gasteiger partial charge on any atom is 0.418 e. The topological polar surface area (TPSA) is 178 Å². The summed E-state index contributed by atoms with van der Waals surface area (Å²) in [7, 11) is 1.24. The Hall–Kier alpha value is -6.93. The second-order valence-electron chi connectivity index (χ2n) is 11.6. The Morgan fingerprint density at radius 1 is 0.698 bits per heavy atom. The minimum absolute atomic E-state index is 0.0981. The first kappa shape index (κ1) is 35.9. The van der Waals surface area contributed by atoms with Gasteiger partial charge < -0.3 is 23.7 Å². The molecule has 4 aromatic carbocycles. The van der Waals surface area contributed by atoms with Crippen LogP contribution in [0.1, 0.15) is 54.1 Å². The van der Waals surface area contributed by atoms with Crippen LogP contribution < -0.4 is 15.7 Å². The minimum atomic E-state index is -1.56. The van der Waals surface area contributed by atoms with E-state index < -0.39 is 54.2 Å². The van der Waals surface area contributed by atoms with Crippen molar-refractivity contribution in [1.82, 2.24) is 9.55 Å². The van der Waals surface area contributed by atoms with Gasteiger partial charge in [0.2, 0.25) is 6.29 Å². The molecule has 268 valence electrons. The number of aromatic nitrogens is 2. The predicted octanol–water partition coefficient (Wildman–Crippen LogP) is 5.47. The molecule has 1 aromatic heterocycles. The maximum atomic E-state index is 13.6. The summed E-state index contributed by atoms with van der Waals surface area (Å²) < 4.78 is 28.7. The highest BCUT2D eigenvalue weighted by Gasteiger charge is 2.51. The zero-order valence-corrected chi connectivity index (χ0v) is 28.0. The molecule has 1 aliphatic rings. The van der Waals surface area contributed by atoms with Crippen LogP contribution in [-0.2, 0) is 18.9 Å². The third kappa shape index (κ3) is 8.69. The Kier molecular flexibility index (Phi) is 11.1. The molecule has 0 radical (unpaired) electrons. The molecule has 1 saturated heterocycles. The van der Waals surface area contributed by atoms with Crippen LogP contribution in [0, 0.1) is 5.92 Å². The monoisotopic (exact) mass is 717 g/mol. The second-order valence-corrected chi connectivity index (χ2v) is 11.6. The van der Waals surface area contributed by atoms with Gasteiger partial charge in [0.1, 0.15) is 17.8 Å². The molecule has 0 unspecified atom stereocenters. The lowest BCUT2D eigenvalue weighted by Crippen LogP contribution is -2.37. The average Bonchev–Trinajstić information content (AvgIpc) is 3.50. The second kappa shape index (κ2) is 16.4. The van der Waals surface area contributed by atoms with Crippen LogP contribution in [0.15, 0.2) is 132 Å². The number of carbonyl (C=O) groups excluding carboxylic acids is 5. The first-order valence-corrected chi connectivity index (χ1v) is 16.2. The first-order valence-electron chi connectivity index (χ1n) is 16.2. The van der Waals surface area contributed by atoms with Gasteiger partial charge in [-0.1, -0.05) is 66.7 Å². The fraction of sp³-hybridized carbons (Fsp3) is 0.154. The van der Waals surface area contributed by atoms with E-state index in [1.165, 1.54) is 67.9 Å². The number of hydrogen-bond acceptors (Lipinski definition) is 12. The minimum Gasteiger partial charge on any atom is -0.465 e. The molecule has 5 aromatic rings. The summed E-state index contributed by atoms with van der Waals surface area (Å²) in [6.45, 7) is 0. The van der Waals surface area contributed by atoms with Crippen molar-refractivity contribution in [3.05, 3.63) is 160 Å². The van der Waals surface area contributed by atoms with Gasteiger partial charge in [-0.25, -0.2) is 24.0 Å². The number of esters is 3. The standard InChI is InChI=1S/C39H31N3O11/c1-49-34(44)27-17-19-28(20-18-27)50-39(48)41-31-21-22-42(38(47)40-31)33-29(23-30(43)24-11-5-2-6-12-24)32(51-35(45)25-13-7-3-8-14-25)37(52-33)53-36(46)26-15-9-4-10-16-26/h2-22,29,32-33,37H,23H2,1H3,(H,40,41,47,48)/t29-,32+,33-,37-/m1/s1. The van der Waals surface area contributed by atoms with Gasteiger partial charge in [-0.2, -0.15) is 4.98 Å². The zero-order valence-electron chi connectivity index (χ0n) is 28.0. The van der Waals surface area contributed by atoms with Crippen LogP contribution in [0.25, 0.3) is 0 Å². The Balaban J connectivity index is 1.29. The number of anilines is 1. The van der Waals surface area contributed by atoms with Crippen LogP contribution in [0.4, 0.5) is 10.6 Å². The third-order valence-electron chi connectivity index (χ3n) is 8.15. The smallest absolute Gasteiger partial charge is 0.418 e. The molecule has 6 rings (SSSR count). The zero-order chi connectivity index (χ0) is 37.3. The third-order valence-corrected chi connectivity index (χ3v) is 8.15. The number of Topliss-reactive ketones (excluding diaryl/α,β-unsaturated/α-hetero) is 1. The molecule has 0 spiro atoms. The van der Waals surface area contributed by atoms with E-state index in [2.05, 4.69) is 15.0 Å². The van der Waals surface area contributed by atoms with Gasteiger partial charge >= 0.3 is 29.7 Å². The molecule has 1 fully saturated rings. The first-order chi connectivity index (χ1) is 25.7. The molecule has 0 bridgehead atoms. The number of methoxy groups -OCH3 is 1. The van der Waals surface area contributed by atoms with E-state index in [-0.39, 0.29) is 40.5 Å². The lowest BCUT2D eigenvalue weighted by atomic mass is 9.92. The molecule has 4 atom stereocenters. The number of nitrogens with zero attached hydrogens (tertiary/aromatic N) is 2. The number of ketones is 1. The Morgan fingerprint density at radius 2 is 1.25 bits per heavy atom. The molecule has 14 heteroatoms. The average molecular weight is 718 g/mol. The van der Waals surface area contributed by atoms with Gasteiger partial charge in [0, 0.05) is 18.2 Å². The highest BCUT2D eigenvalue weighted by atomic mass is 16.7. The number of amides is 1. The summed E-state index contributed by atoms with van der Waals surface area (Å²) in [5.74, 6) is -3.65. The molecular weight excluding hydrogens is 686 g/mol. The summed E-state index contributed by atoms with van der Waals surface area (Å²) in [4.78, 5) is 82.0. The van der Waals surface area contributed by atoms with Gasteiger partial charge in [-0.05, 0) is 54.6 Å². The van der Waals surface area contributed by atoms with Crippen LogP contribution in [0.5, 0.6) is 5.75 Å². The summed E-state index contributed by atoms with van der Waals surface area (Å²) in [6, 6.07) is 31.4. The van der Waals surface area contributed by atoms with Crippen LogP contribution >= 0.6 is 0 Å². The summed E-state index contributed by atoms with van der Waals surface area (Å²) in [6.07, 6.45) is -4.27. The number of rotatable bonds is 11. The quantitative estimate of drug-likeness (QED) is 0.104. The molecule has 1 amide bonds. The Labute approximate surface area is 301 Å². The van der Waals surface area contributed by atoms with E-state index in [0.717, 1.165) is 4.57 Å². The molecule has 0 saturated carbocycles. The van der Waals surface area contributed by atoms with Crippen molar-refractivity contribution in [2.24, 2.45) is 5.92 Å². The van der Waals surface area contributed by atoms with E-state index in [1.54, 1.807) is 66.7 Å². The highest BCUT2D eigenvalue weighted by Crippen LogP contribution is 2.40. The molecular formula is C39H31N3O11. The molecule has 0 aliphatic carbocycles.